The van der Waals surface area contributed by atoms with E-state index in [1.54, 1.807) is 0 Å². The van der Waals surface area contributed by atoms with Crippen molar-refractivity contribution in [3.05, 3.63) is 49.1 Å². The Kier molecular flexibility index (Phi) is 9.80. The highest BCUT2D eigenvalue weighted by atomic mass is 127. The highest BCUT2D eigenvalue weighted by Crippen LogP contribution is 2.33. The predicted octanol–water partition coefficient (Wildman–Crippen LogP) is 5.12. The van der Waals surface area contributed by atoms with E-state index >= 15 is 0 Å². The summed E-state index contributed by atoms with van der Waals surface area (Å²) >= 11 is 4.45. The molecule has 0 atom stereocenters. The van der Waals surface area contributed by atoms with Crippen LogP contribution in [0.4, 0.5) is 0 Å². The van der Waals surface area contributed by atoms with Crippen LogP contribution < -0.4 is 9.47 Å². The molecule has 0 amide bonds. The maximum absolute atomic E-state index is 11.5. The van der Waals surface area contributed by atoms with Crippen molar-refractivity contribution >= 4 is 51.2 Å². The second-order valence-corrected chi connectivity index (χ2v) is 8.41. The maximum Gasteiger partial charge on any atom is 0.309 e. The molecule has 0 radical (unpaired) electrons. The minimum atomic E-state index is -0.253. The van der Waals surface area contributed by atoms with Gasteiger partial charge in [0.15, 0.2) is 5.75 Å². The van der Waals surface area contributed by atoms with Crippen molar-refractivity contribution < 1.29 is 19.0 Å². The number of rotatable bonds is 10. The number of ether oxygens (including phenoxy) is 3. The molecule has 0 aliphatic heterocycles. The number of halogens is 2. The fraction of sp³-hybridized carbons (Fsp3) is 0.381. The van der Waals surface area contributed by atoms with Gasteiger partial charge in [0.05, 0.1) is 20.7 Å². The lowest BCUT2D eigenvalue weighted by Crippen LogP contribution is -2.27. The van der Waals surface area contributed by atoms with Crippen molar-refractivity contribution in [2.45, 2.75) is 20.3 Å². The van der Waals surface area contributed by atoms with Crippen LogP contribution in [0.15, 0.2) is 36.4 Å². The molecular weight excluding hydrogens is 584 g/mol. The van der Waals surface area contributed by atoms with E-state index in [2.05, 4.69) is 63.9 Å². The Morgan fingerprint density at radius 3 is 2.11 bits per heavy atom. The van der Waals surface area contributed by atoms with Gasteiger partial charge in [-0.05, 0) is 100 Å². The van der Waals surface area contributed by atoms with Crippen LogP contribution in [0.1, 0.15) is 19.4 Å². The van der Waals surface area contributed by atoms with Gasteiger partial charge in [-0.15, -0.1) is 0 Å². The van der Waals surface area contributed by atoms with E-state index in [0.717, 1.165) is 49.6 Å². The van der Waals surface area contributed by atoms with Crippen molar-refractivity contribution in [3.63, 3.8) is 0 Å². The first-order chi connectivity index (χ1) is 13.5. The first kappa shape index (κ1) is 23.2. The third-order valence-corrected chi connectivity index (χ3v) is 5.85. The van der Waals surface area contributed by atoms with Crippen LogP contribution in [0, 0.1) is 7.14 Å². The number of methoxy groups -OCH3 is 1. The van der Waals surface area contributed by atoms with Gasteiger partial charge in [-0.2, -0.15) is 0 Å². The van der Waals surface area contributed by atoms with Crippen molar-refractivity contribution in [1.82, 2.24) is 4.90 Å². The number of carbonyl (C=O) groups is 1. The highest BCUT2D eigenvalue weighted by molar-refractivity contribution is 14.1. The van der Waals surface area contributed by atoms with Gasteiger partial charge >= 0.3 is 5.97 Å². The highest BCUT2D eigenvalue weighted by Gasteiger charge is 2.12. The molecule has 0 bridgehead atoms. The van der Waals surface area contributed by atoms with E-state index in [4.69, 9.17) is 14.2 Å². The van der Waals surface area contributed by atoms with Crippen LogP contribution in [0.25, 0.3) is 0 Å². The van der Waals surface area contributed by atoms with E-state index in [1.807, 2.05) is 36.4 Å². The molecule has 0 aromatic heterocycles. The van der Waals surface area contributed by atoms with E-state index in [9.17, 15) is 4.79 Å². The zero-order valence-electron chi connectivity index (χ0n) is 16.3. The van der Waals surface area contributed by atoms with Crippen molar-refractivity contribution in [3.8, 4) is 17.2 Å². The van der Waals surface area contributed by atoms with Gasteiger partial charge in [-0.3, -0.25) is 4.79 Å². The minimum Gasteiger partial charge on any atom is -0.492 e. The van der Waals surface area contributed by atoms with Gasteiger partial charge in [0, 0.05) is 6.54 Å². The minimum absolute atomic E-state index is 0.252. The largest absolute Gasteiger partial charge is 0.492 e. The molecule has 0 N–H and O–H groups in total. The standard InChI is InChI=1S/C21H25I2NO4/c1-4-24(5-2)10-11-27-16-6-8-17(9-7-16)28-21-18(22)12-15(13-19(21)23)14-20(25)26-3/h6-9,12-13H,4-5,10-11,14H2,1-3H3. The molecule has 0 unspecified atom stereocenters. The number of likely N-dealkylation sites (N-methyl/N-ethyl adjacent to an activating group) is 1. The molecule has 28 heavy (non-hydrogen) atoms. The third kappa shape index (κ3) is 7.07. The van der Waals surface area contributed by atoms with Crippen molar-refractivity contribution in [2.24, 2.45) is 0 Å². The summed E-state index contributed by atoms with van der Waals surface area (Å²) < 4.78 is 18.5. The quantitative estimate of drug-likeness (QED) is 0.277. The van der Waals surface area contributed by atoms with Gasteiger partial charge in [0.2, 0.25) is 0 Å². The van der Waals surface area contributed by atoms with Gasteiger partial charge in [-0.25, -0.2) is 0 Å². The number of hydrogen-bond acceptors (Lipinski definition) is 5. The Labute approximate surface area is 194 Å². The molecule has 0 aliphatic carbocycles. The zero-order valence-corrected chi connectivity index (χ0v) is 20.7. The van der Waals surface area contributed by atoms with Gasteiger partial charge in [-0.1, -0.05) is 13.8 Å². The Hall–Kier alpha value is -1.07. The summed E-state index contributed by atoms with van der Waals surface area (Å²) in [6.45, 7) is 7.95. The average molecular weight is 609 g/mol. The molecule has 0 aliphatic rings. The van der Waals surface area contributed by atoms with Crippen LogP contribution in [0.3, 0.4) is 0 Å². The number of benzene rings is 2. The Bertz CT molecular complexity index is 753. The molecule has 0 heterocycles. The Morgan fingerprint density at radius 1 is 1.00 bits per heavy atom. The SMILES string of the molecule is CCN(CC)CCOc1ccc(Oc2c(I)cc(CC(=O)OC)cc2I)cc1. The van der Waals surface area contributed by atoms with Gasteiger partial charge in [0.25, 0.3) is 0 Å². The van der Waals surface area contributed by atoms with Crippen LogP contribution in [-0.4, -0.2) is 44.2 Å². The zero-order chi connectivity index (χ0) is 20.5. The molecular formula is C21H25I2NO4. The summed E-state index contributed by atoms with van der Waals surface area (Å²) in [4.78, 5) is 13.8. The smallest absolute Gasteiger partial charge is 0.309 e. The Balaban J connectivity index is 1.99. The first-order valence-electron chi connectivity index (χ1n) is 9.14. The predicted molar refractivity (Wildman–Crippen MR) is 127 cm³/mol. The summed E-state index contributed by atoms with van der Waals surface area (Å²) in [7, 11) is 1.40. The summed E-state index contributed by atoms with van der Waals surface area (Å²) in [5.41, 5.74) is 0.907. The van der Waals surface area contributed by atoms with Crippen LogP contribution >= 0.6 is 45.2 Å². The van der Waals surface area contributed by atoms with Crippen LogP contribution in [0.2, 0.25) is 0 Å². The summed E-state index contributed by atoms with van der Waals surface area (Å²) in [6.07, 6.45) is 0.252. The molecule has 0 spiro atoms. The fourth-order valence-electron chi connectivity index (χ4n) is 2.60. The maximum atomic E-state index is 11.5. The van der Waals surface area contributed by atoms with Crippen molar-refractivity contribution in [1.29, 1.82) is 0 Å². The van der Waals surface area contributed by atoms with Crippen molar-refractivity contribution in [2.75, 3.05) is 33.4 Å². The molecule has 7 heteroatoms. The lowest BCUT2D eigenvalue weighted by Gasteiger charge is -2.18. The molecule has 0 saturated heterocycles. The monoisotopic (exact) mass is 609 g/mol. The Morgan fingerprint density at radius 2 is 1.57 bits per heavy atom. The van der Waals surface area contributed by atoms with E-state index in [-0.39, 0.29) is 12.4 Å². The van der Waals surface area contributed by atoms with E-state index in [0.29, 0.717) is 6.61 Å². The second-order valence-electron chi connectivity index (χ2n) is 6.09. The molecule has 0 saturated carbocycles. The van der Waals surface area contributed by atoms with Gasteiger partial charge < -0.3 is 19.1 Å². The lowest BCUT2D eigenvalue weighted by atomic mass is 10.1. The van der Waals surface area contributed by atoms with E-state index < -0.39 is 0 Å². The molecule has 2 aromatic rings. The summed E-state index contributed by atoms with van der Waals surface area (Å²) in [5.74, 6) is 2.10. The third-order valence-electron chi connectivity index (χ3n) is 4.25. The number of carbonyl (C=O) groups excluding carboxylic acids is 1. The fourth-order valence-corrected chi connectivity index (χ4v) is 4.72. The van der Waals surface area contributed by atoms with E-state index in [1.165, 1.54) is 7.11 Å². The molecule has 0 fully saturated rings. The molecule has 2 rings (SSSR count). The molecule has 152 valence electrons. The van der Waals surface area contributed by atoms with Crippen LogP contribution in [-0.2, 0) is 16.0 Å². The number of hydrogen-bond donors (Lipinski definition) is 0. The first-order valence-corrected chi connectivity index (χ1v) is 11.3. The average Bonchev–Trinajstić information content (AvgIpc) is 2.69. The number of nitrogens with zero attached hydrogens (tertiary/aromatic N) is 1. The number of esters is 1. The lowest BCUT2D eigenvalue weighted by molar-refractivity contribution is -0.139. The topological polar surface area (TPSA) is 48.0 Å². The summed E-state index contributed by atoms with van der Waals surface area (Å²) in [5, 5.41) is 0. The normalized spacial score (nSPS) is 10.8. The molecule has 5 nitrogen and oxygen atoms in total. The van der Waals surface area contributed by atoms with Gasteiger partial charge in [0.1, 0.15) is 18.1 Å². The molecule has 2 aromatic carbocycles. The summed E-state index contributed by atoms with van der Waals surface area (Å²) in [6, 6.07) is 11.5. The second kappa shape index (κ2) is 11.8. The van der Waals surface area contributed by atoms with Crippen LogP contribution in [0.5, 0.6) is 17.2 Å².